The normalized spacial score (nSPS) is 11.9. The summed E-state index contributed by atoms with van der Waals surface area (Å²) in [5, 5.41) is 13.0. The van der Waals surface area contributed by atoms with Crippen LogP contribution in [0.25, 0.3) is 10.9 Å². The molecule has 240 valence electrons. The van der Waals surface area contributed by atoms with Crippen LogP contribution < -0.4 is 27.9 Å². The quantitative estimate of drug-likeness (QED) is 0.0375. The van der Waals surface area contributed by atoms with Crippen molar-refractivity contribution in [3.8, 4) is 0 Å². The van der Waals surface area contributed by atoms with E-state index < -0.39 is 40.8 Å². The van der Waals surface area contributed by atoms with Crippen LogP contribution >= 0.6 is 0 Å². The number of nitro groups is 1. The van der Waals surface area contributed by atoms with E-state index in [0.717, 1.165) is 16.5 Å². The number of nitrogens with two attached hydrogens (primary N) is 3. The summed E-state index contributed by atoms with van der Waals surface area (Å²) >= 11 is 0. The van der Waals surface area contributed by atoms with Gasteiger partial charge >= 0.3 is 12.0 Å². The maximum Gasteiger partial charge on any atom is 0.325 e. The molecular weight excluding hydrogens is 586 g/mol. The van der Waals surface area contributed by atoms with E-state index in [1.807, 2.05) is 24.3 Å². The van der Waals surface area contributed by atoms with Crippen LogP contribution in [-0.4, -0.2) is 63.5 Å². The molecule has 16 heteroatoms. The van der Waals surface area contributed by atoms with Crippen LogP contribution in [0.5, 0.6) is 0 Å². The number of carbonyl (C=O) groups excluding carboxylic acids is 4. The molecule has 45 heavy (non-hydrogen) atoms. The fourth-order valence-electron chi connectivity index (χ4n) is 4.79. The molecule has 1 atom stereocenters. The smallest absolute Gasteiger partial charge is 0.325 e. The van der Waals surface area contributed by atoms with Gasteiger partial charge in [0.2, 0.25) is 11.8 Å². The van der Waals surface area contributed by atoms with Crippen molar-refractivity contribution in [2.75, 3.05) is 13.2 Å². The summed E-state index contributed by atoms with van der Waals surface area (Å²) in [4.78, 5) is 65.8. The van der Waals surface area contributed by atoms with E-state index in [1.165, 1.54) is 4.90 Å². The van der Waals surface area contributed by atoms with E-state index in [-0.39, 0.29) is 52.0 Å². The average Bonchev–Trinajstić information content (AvgIpc) is 3.31. The first kappa shape index (κ1) is 33.8. The van der Waals surface area contributed by atoms with Crippen LogP contribution in [0.4, 0.5) is 4.79 Å². The zero-order valence-electron chi connectivity index (χ0n) is 24.8. The summed E-state index contributed by atoms with van der Waals surface area (Å²) in [5.41, 5.74) is 21.0. The number of nitrogens with zero attached hydrogens (tertiary/aromatic N) is 4. The van der Waals surface area contributed by atoms with E-state index in [1.54, 1.807) is 47.4 Å². The number of aromatic nitrogens is 1. The number of carbonyl (C=O) groups is 4. The molecule has 0 unspecified atom stereocenters. The highest BCUT2D eigenvalue weighted by Crippen LogP contribution is 2.24. The van der Waals surface area contributed by atoms with Gasteiger partial charge in [-0.3, -0.25) is 14.4 Å². The molecule has 2 aromatic carbocycles. The summed E-state index contributed by atoms with van der Waals surface area (Å²) in [6, 6.07) is 12.7. The standard InChI is InChI=1S/C29H37N9O7/c1-2-45-26(40)18-36-17-21(22-6-3-4-7-23(22)36)14-25(39)37(16-20-11-9-19(10-12-20)15-34-29(32)42)24(27(30)41)8-5-13-33-28(31)35-38(43)44/h3-4,6-7,9-12,17,24H,2,5,8,13-16,18H2,1H3,(H2,30,41)(H3,31,33,35)(H3,32,34,42)/t24-/m1/s1. The number of primary amides is 2. The number of para-hydroxylation sites is 1. The molecule has 8 N–H and O–H groups in total. The number of guanidine groups is 1. The minimum Gasteiger partial charge on any atom is -0.465 e. The summed E-state index contributed by atoms with van der Waals surface area (Å²) < 4.78 is 6.81. The second-order valence-corrected chi connectivity index (χ2v) is 10.0. The fourth-order valence-corrected chi connectivity index (χ4v) is 4.79. The number of hydrazine groups is 1. The molecule has 0 saturated heterocycles. The molecule has 3 rings (SSSR count). The van der Waals surface area contributed by atoms with Crippen LogP contribution in [0.3, 0.4) is 0 Å². The minimum atomic E-state index is -1.04. The maximum absolute atomic E-state index is 14.0. The minimum absolute atomic E-state index is 0.0335. The Kier molecular flexibility index (Phi) is 12.2. The summed E-state index contributed by atoms with van der Waals surface area (Å²) in [7, 11) is 0. The average molecular weight is 624 g/mol. The first-order valence-corrected chi connectivity index (χ1v) is 14.1. The third-order valence-corrected chi connectivity index (χ3v) is 6.81. The molecule has 3 aromatic rings. The molecule has 16 nitrogen and oxygen atoms in total. The van der Waals surface area contributed by atoms with Gasteiger partial charge in [-0.25, -0.2) is 19.9 Å². The number of amides is 4. The van der Waals surface area contributed by atoms with Gasteiger partial charge in [0.15, 0.2) is 5.03 Å². The topological polar surface area (TPSA) is 243 Å². The Labute approximate surface area is 258 Å². The predicted molar refractivity (Wildman–Crippen MR) is 165 cm³/mol. The molecule has 0 aliphatic carbocycles. The second kappa shape index (κ2) is 16.3. The molecule has 0 spiro atoms. The summed E-state index contributed by atoms with van der Waals surface area (Å²) in [5.74, 6) is -1.95. The van der Waals surface area contributed by atoms with E-state index in [0.29, 0.717) is 11.1 Å². The number of hydrogen-bond donors (Lipinski definition) is 5. The van der Waals surface area contributed by atoms with Gasteiger partial charge in [-0.1, -0.05) is 47.9 Å². The maximum atomic E-state index is 14.0. The van der Waals surface area contributed by atoms with Gasteiger partial charge in [-0.2, -0.15) is 0 Å². The Morgan fingerprint density at radius 1 is 1.07 bits per heavy atom. The summed E-state index contributed by atoms with van der Waals surface area (Å²) in [6.07, 6.45) is 1.98. The number of rotatable bonds is 16. The van der Waals surface area contributed by atoms with Crippen molar-refractivity contribution in [2.24, 2.45) is 22.2 Å². The van der Waals surface area contributed by atoms with Crippen LogP contribution in [0.15, 0.2) is 59.7 Å². The summed E-state index contributed by atoms with van der Waals surface area (Å²) in [6.45, 7) is 2.21. The van der Waals surface area contributed by atoms with Crippen molar-refractivity contribution in [2.45, 2.75) is 51.9 Å². The molecule has 0 aliphatic heterocycles. The highest BCUT2D eigenvalue weighted by atomic mass is 16.7. The number of ether oxygens (including phenoxy) is 1. The number of fused-ring (bicyclic) bond motifs is 1. The number of urea groups is 1. The van der Waals surface area contributed by atoms with Crippen molar-refractivity contribution < 1.29 is 28.9 Å². The molecule has 0 radical (unpaired) electrons. The molecule has 1 heterocycles. The number of nitrogens with one attached hydrogen (secondary N) is 2. The SMILES string of the molecule is CCOC(=O)Cn1cc(CC(=O)N(Cc2ccc(CNC(N)=O)cc2)[C@H](CCCN=C(N)N[N+](=O)[O-])C(N)=O)c2ccccc21. The van der Waals surface area contributed by atoms with Crippen molar-refractivity contribution >= 4 is 40.7 Å². The van der Waals surface area contributed by atoms with Gasteiger partial charge in [0.25, 0.3) is 5.96 Å². The van der Waals surface area contributed by atoms with E-state index in [9.17, 15) is 29.3 Å². The zero-order chi connectivity index (χ0) is 32.9. The van der Waals surface area contributed by atoms with E-state index in [4.69, 9.17) is 21.9 Å². The lowest BCUT2D eigenvalue weighted by Crippen LogP contribution is -2.48. The molecule has 4 amide bonds. The van der Waals surface area contributed by atoms with Gasteiger partial charge in [-0.15, -0.1) is 0 Å². The lowest BCUT2D eigenvalue weighted by atomic mass is 10.0. The number of hydrogen-bond acceptors (Lipinski definition) is 8. The van der Waals surface area contributed by atoms with Gasteiger partial charge < -0.3 is 36.7 Å². The monoisotopic (exact) mass is 623 g/mol. The van der Waals surface area contributed by atoms with Crippen molar-refractivity contribution in [3.63, 3.8) is 0 Å². The van der Waals surface area contributed by atoms with Gasteiger partial charge in [-0.05, 0) is 42.5 Å². The highest BCUT2D eigenvalue weighted by molar-refractivity contribution is 5.92. The number of esters is 1. The van der Waals surface area contributed by atoms with Gasteiger partial charge in [0, 0.05) is 36.7 Å². The number of aliphatic imine (C=N–C) groups is 1. The second-order valence-electron chi connectivity index (χ2n) is 10.0. The highest BCUT2D eigenvalue weighted by Gasteiger charge is 2.29. The number of benzene rings is 2. The fraction of sp³-hybridized carbons (Fsp3) is 0.345. The van der Waals surface area contributed by atoms with Crippen LogP contribution in [0.2, 0.25) is 0 Å². The lowest BCUT2D eigenvalue weighted by molar-refractivity contribution is -0.525. The Morgan fingerprint density at radius 2 is 1.76 bits per heavy atom. The predicted octanol–water partition coefficient (Wildman–Crippen LogP) is 0.674. The third kappa shape index (κ3) is 10.2. The molecule has 0 aliphatic rings. The van der Waals surface area contributed by atoms with Crippen molar-refractivity contribution in [1.82, 2.24) is 20.2 Å². The van der Waals surface area contributed by atoms with Crippen molar-refractivity contribution in [3.05, 3.63) is 81.5 Å². The largest absolute Gasteiger partial charge is 0.465 e. The third-order valence-electron chi connectivity index (χ3n) is 6.81. The van der Waals surface area contributed by atoms with Crippen LogP contribution in [0.1, 0.15) is 36.5 Å². The molecule has 0 fully saturated rings. The Balaban J connectivity index is 1.89. The first-order chi connectivity index (χ1) is 21.5. The van der Waals surface area contributed by atoms with E-state index >= 15 is 0 Å². The Bertz CT molecular complexity index is 1550. The zero-order valence-corrected chi connectivity index (χ0v) is 24.8. The first-order valence-electron chi connectivity index (χ1n) is 14.1. The Morgan fingerprint density at radius 3 is 2.40 bits per heavy atom. The van der Waals surface area contributed by atoms with Crippen LogP contribution in [0, 0.1) is 10.1 Å². The van der Waals surface area contributed by atoms with Gasteiger partial charge in [0.1, 0.15) is 12.6 Å². The Hall–Kier alpha value is -5.67. The molecule has 0 bridgehead atoms. The van der Waals surface area contributed by atoms with Crippen molar-refractivity contribution in [1.29, 1.82) is 0 Å². The van der Waals surface area contributed by atoms with Crippen LogP contribution in [-0.2, 0) is 45.2 Å². The molecule has 0 saturated carbocycles. The molecular formula is C29H37N9O7. The molecule has 1 aromatic heterocycles. The van der Waals surface area contributed by atoms with Gasteiger partial charge in [0.05, 0.1) is 13.0 Å². The lowest BCUT2D eigenvalue weighted by Gasteiger charge is -2.30. The van der Waals surface area contributed by atoms with E-state index in [2.05, 4.69) is 10.3 Å².